The van der Waals surface area contributed by atoms with E-state index >= 15 is 0 Å². The molecule has 0 aromatic carbocycles. The number of fused-ring (bicyclic) bond motifs is 8. The monoisotopic (exact) mass is 655 g/mol. The van der Waals surface area contributed by atoms with Crippen molar-refractivity contribution in [3.05, 3.63) is 77.7 Å². The number of nitrogens with zero attached hydrogens (tertiary/aromatic N) is 2. The van der Waals surface area contributed by atoms with Crippen molar-refractivity contribution in [3.8, 4) is 0 Å². The molecule has 3 aromatic rings. The molecule has 5 heteroatoms. The van der Waals surface area contributed by atoms with Gasteiger partial charge in [-0.1, -0.05) is 110 Å². The third-order valence-electron chi connectivity index (χ3n) is 8.32. The van der Waals surface area contributed by atoms with Crippen molar-refractivity contribution in [1.82, 2.24) is 19.9 Å². The molecule has 238 valence electrons. The first kappa shape index (κ1) is 36.7. The minimum atomic E-state index is 0. The van der Waals surface area contributed by atoms with E-state index in [4.69, 9.17) is 0 Å². The molecule has 8 bridgehead atoms. The van der Waals surface area contributed by atoms with Gasteiger partial charge in [-0.2, -0.15) is 12.8 Å². The van der Waals surface area contributed by atoms with Crippen LogP contribution in [0.3, 0.4) is 0 Å². The van der Waals surface area contributed by atoms with Gasteiger partial charge in [0.2, 0.25) is 0 Å². The zero-order chi connectivity index (χ0) is 30.7. The van der Waals surface area contributed by atoms with Crippen molar-refractivity contribution >= 4 is 46.4 Å². The molecule has 0 saturated heterocycles. The summed E-state index contributed by atoms with van der Waals surface area (Å²) < 4.78 is 0. The minimum Gasteiger partial charge on any atom is -0.355 e. The molecule has 2 aliphatic rings. The summed E-state index contributed by atoms with van der Waals surface area (Å²) >= 11 is 0. The van der Waals surface area contributed by atoms with Crippen molar-refractivity contribution in [2.75, 3.05) is 0 Å². The molecule has 0 aliphatic carbocycles. The van der Waals surface area contributed by atoms with Crippen molar-refractivity contribution in [2.45, 2.75) is 123 Å². The van der Waals surface area contributed by atoms with Crippen molar-refractivity contribution in [3.63, 3.8) is 0 Å². The molecule has 4 nitrogen and oxygen atoms in total. The fourth-order valence-corrected chi connectivity index (χ4v) is 5.76. The van der Waals surface area contributed by atoms with Gasteiger partial charge in [0, 0.05) is 41.5 Å². The summed E-state index contributed by atoms with van der Waals surface area (Å²) in [4.78, 5) is 16.0. The Morgan fingerprint density at radius 3 is 1.18 bits per heavy atom. The van der Waals surface area contributed by atoms with Crippen LogP contribution in [0, 0.1) is 6.42 Å². The van der Waals surface area contributed by atoms with E-state index in [0.717, 1.165) is 44.8 Å². The Bertz CT molecular complexity index is 1350. The number of hydrogen-bond donors (Lipinski definition) is 2. The third-order valence-corrected chi connectivity index (χ3v) is 8.32. The van der Waals surface area contributed by atoms with Crippen LogP contribution in [0.1, 0.15) is 146 Å². The van der Waals surface area contributed by atoms with E-state index in [0.29, 0.717) is 0 Å². The Morgan fingerprint density at radius 1 is 0.444 bits per heavy atom. The molecule has 3 aromatic heterocycles. The van der Waals surface area contributed by atoms with Crippen LogP contribution in [0.15, 0.2) is 48.5 Å². The van der Waals surface area contributed by atoms with Crippen molar-refractivity contribution in [2.24, 2.45) is 0 Å². The Kier molecular flexibility index (Phi) is 17.8. The molecule has 0 atom stereocenters. The Morgan fingerprint density at radius 2 is 0.778 bits per heavy atom. The molecule has 0 saturated carbocycles. The summed E-state index contributed by atoms with van der Waals surface area (Å²) in [6.07, 6.45) is 35.0. The van der Waals surface area contributed by atoms with Gasteiger partial charge in [-0.05, 0) is 72.8 Å². The Balaban J connectivity index is 0.000000246. The van der Waals surface area contributed by atoms with Gasteiger partial charge in [0.05, 0.1) is 22.8 Å². The molecule has 45 heavy (non-hydrogen) atoms. The SMILES string of the molecule is C1=Cc2cc3ccc(cc4ccc(cc5nc(cc1n2)C=C5)[nH]4)[nH]3.CCCCCCCC[CH-]CCCCCCCCCCC.[Zn]. The third kappa shape index (κ3) is 14.5. The topological polar surface area (TPSA) is 57.4 Å². The first-order chi connectivity index (χ1) is 21.7. The maximum absolute atomic E-state index is 4.62. The van der Waals surface area contributed by atoms with E-state index in [1.54, 1.807) is 0 Å². The second kappa shape index (κ2) is 21.9. The van der Waals surface area contributed by atoms with Crippen LogP contribution in [0.4, 0.5) is 0 Å². The number of rotatable bonds is 17. The van der Waals surface area contributed by atoms with Crippen LogP contribution in [0.25, 0.3) is 46.4 Å². The maximum Gasteiger partial charge on any atom is 0.0659 e. The van der Waals surface area contributed by atoms with Crippen molar-refractivity contribution in [1.29, 1.82) is 0 Å². The van der Waals surface area contributed by atoms with Crippen LogP contribution in [0.2, 0.25) is 0 Å². The van der Waals surface area contributed by atoms with Crippen LogP contribution < -0.4 is 0 Å². The predicted molar refractivity (Wildman–Crippen MR) is 193 cm³/mol. The Labute approximate surface area is 285 Å². The van der Waals surface area contributed by atoms with E-state index < -0.39 is 0 Å². The van der Waals surface area contributed by atoms with Gasteiger partial charge in [0.15, 0.2) is 0 Å². The number of nitrogens with one attached hydrogen (secondary N) is 2. The van der Waals surface area contributed by atoms with Gasteiger partial charge >= 0.3 is 0 Å². The summed E-state index contributed by atoms with van der Waals surface area (Å²) in [5.74, 6) is 0. The first-order valence-corrected chi connectivity index (χ1v) is 17.6. The molecular formula is C40H55N4Zn-. The molecule has 5 rings (SSSR count). The molecule has 0 radical (unpaired) electrons. The number of unbranched alkanes of at least 4 members (excludes halogenated alkanes) is 17. The molecule has 0 amide bonds. The summed E-state index contributed by atoms with van der Waals surface area (Å²) in [5.41, 5.74) is 7.86. The average Bonchev–Trinajstić information content (AvgIpc) is 3.84. The standard InChI is InChI=1S/C20H14N4.C20H41.Zn/c1-2-14-10-16-5-6-18(23-16)12-20-8-7-19(24-20)11-17-4-3-15(22-17)9-13(1)21-14;1-3-5-7-9-11-13-15-17-19-20-18-16-14-12-10-8-6-4-2;/h1-12,21-22H;17H,3-16,18-20H2,1-2H3;/q;-1;. The zero-order valence-electron chi connectivity index (χ0n) is 28.1. The number of H-pyrrole nitrogens is 2. The van der Waals surface area contributed by atoms with Crippen LogP contribution in [-0.2, 0) is 19.5 Å². The van der Waals surface area contributed by atoms with E-state index in [1.165, 1.54) is 109 Å². The van der Waals surface area contributed by atoms with E-state index in [-0.39, 0.29) is 19.5 Å². The van der Waals surface area contributed by atoms with E-state index in [9.17, 15) is 0 Å². The number of aromatic nitrogens is 4. The quantitative estimate of drug-likeness (QED) is 0.0594. The smallest absolute Gasteiger partial charge is 0.0659 e. The largest absolute Gasteiger partial charge is 0.355 e. The first-order valence-electron chi connectivity index (χ1n) is 17.6. The molecular weight excluding hydrogens is 602 g/mol. The summed E-state index contributed by atoms with van der Waals surface area (Å²) in [6, 6.07) is 16.4. The number of aromatic amines is 2. The molecule has 2 aliphatic heterocycles. The van der Waals surface area contributed by atoms with Gasteiger partial charge in [-0.25, -0.2) is 9.97 Å². The van der Waals surface area contributed by atoms with Crippen LogP contribution in [-0.4, -0.2) is 19.9 Å². The van der Waals surface area contributed by atoms with Gasteiger partial charge in [-0.3, -0.25) is 0 Å². The summed E-state index contributed by atoms with van der Waals surface area (Å²) in [6.45, 7) is 4.58. The maximum atomic E-state index is 4.62. The Hall–Kier alpha value is -2.78. The molecule has 0 spiro atoms. The second-order valence-corrected chi connectivity index (χ2v) is 12.4. The molecule has 0 fully saturated rings. The average molecular weight is 657 g/mol. The van der Waals surface area contributed by atoms with E-state index in [1.807, 2.05) is 42.5 Å². The molecule has 5 heterocycles. The molecule has 0 unspecified atom stereocenters. The fraction of sp³-hybridized carbons (Fsp3) is 0.475. The van der Waals surface area contributed by atoms with Gasteiger partial charge in [-0.15, -0.1) is 0 Å². The van der Waals surface area contributed by atoms with Gasteiger partial charge in [0.25, 0.3) is 0 Å². The fourth-order valence-electron chi connectivity index (χ4n) is 5.76. The van der Waals surface area contributed by atoms with Gasteiger partial charge in [0.1, 0.15) is 0 Å². The predicted octanol–water partition coefficient (Wildman–Crippen LogP) is 12.5. The van der Waals surface area contributed by atoms with E-state index in [2.05, 4.69) is 70.5 Å². The van der Waals surface area contributed by atoms with Crippen molar-refractivity contribution < 1.29 is 19.5 Å². The molecule has 2 N–H and O–H groups in total. The second-order valence-electron chi connectivity index (χ2n) is 12.4. The van der Waals surface area contributed by atoms with Crippen LogP contribution in [0.5, 0.6) is 0 Å². The minimum absolute atomic E-state index is 0. The summed E-state index contributed by atoms with van der Waals surface area (Å²) in [7, 11) is 0. The normalized spacial score (nSPS) is 11.7. The summed E-state index contributed by atoms with van der Waals surface area (Å²) in [5, 5.41) is 0. The zero-order valence-corrected chi connectivity index (χ0v) is 31.1. The van der Waals surface area contributed by atoms with Gasteiger partial charge < -0.3 is 16.4 Å². The number of hydrogen-bond acceptors (Lipinski definition) is 2. The van der Waals surface area contributed by atoms with Crippen LogP contribution >= 0.6 is 0 Å².